The summed E-state index contributed by atoms with van der Waals surface area (Å²) in [6.07, 6.45) is 0.489. The SMILES string of the molecule is CC1=C(C(=O)O)C(c2cccc(Cl)c2)N(CCCNCC(=O)c2ccc(Oc3ccc(O)cc3)cc2)C(=O)N1. The lowest BCUT2D eigenvalue weighted by atomic mass is 9.93. The van der Waals surface area contributed by atoms with Gasteiger partial charge in [0.25, 0.3) is 0 Å². The third-order valence-electron chi connectivity index (χ3n) is 6.23. The number of amides is 2. The summed E-state index contributed by atoms with van der Waals surface area (Å²) in [6, 6.07) is 18.7. The van der Waals surface area contributed by atoms with E-state index in [9.17, 15) is 24.6 Å². The number of allylic oxidation sites excluding steroid dienone is 1. The molecule has 0 bridgehead atoms. The highest BCUT2D eigenvalue weighted by Gasteiger charge is 2.37. The van der Waals surface area contributed by atoms with E-state index in [-0.39, 0.29) is 35.9 Å². The Morgan fingerprint density at radius 2 is 1.72 bits per heavy atom. The van der Waals surface area contributed by atoms with Gasteiger partial charge in [-0.3, -0.25) is 4.79 Å². The first-order valence-electron chi connectivity index (χ1n) is 12.3. The molecule has 1 aliphatic heterocycles. The first-order chi connectivity index (χ1) is 18.7. The highest BCUT2D eigenvalue weighted by Crippen LogP contribution is 2.34. The molecule has 39 heavy (non-hydrogen) atoms. The number of halogens is 1. The molecule has 0 saturated carbocycles. The number of phenolic OH excluding ortho intramolecular Hbond substituents is 1. The molecule has 2 amide bonds. The first-order valence-corrected chi connectivity index (χ1v) is 12.7. The Hall–Kier alpha value is -4.34. The van der Waals surface area contributed by atoms with E-state index >= 15 is 0 Å². The van der Waals surface area contributed by atoms with Gasteiger partial charge in [-0.05, 0) is 86.1 Å². The average Bonchev–Trinajstić information content (AvgIpc) is 2.90. The molecule has 0 aromatic heterocycles. The zero-order chi connectivity index (χ0) is 27.9. The number of carboxylic acid groups (broad SMARTS) is 1. The summed E-state index contributed by atoms with van der Waals surface area (Å²) < 4.78 is 5.70. The van der Waals surface area contributed by atoms with Crippen molar-refractivity contribution in [2.75, 3.05) is 19.6 Å². The summed E-state index contributed by atoms with van der Waals surface area (Å²) in [5, 5.41) is 25.4. The molecular formula is C29H28ClN3O6. The molecule has 0 radical (unpaired) electrons. The third-order valence-corrected chi connectivity index (χ3v) is 6.46. The molecule has 3 aromatic rings. The molecule has 0 saturated heterocycles. The molecular weight excluding hydrogens is 522 g/mol. The minimum absolute atomic E-state index is 0.0813. The van der Waals surface area contributed by atoms with Crippen molar-refractivity contribution >= 4 is 29.4 Å². The number of benzene rings is 3. The van der Waals surface area contributed by atoms with Crippen molar-refractivity contribution in [2.45, 2.75) is 19.4 Å². The Bertz CT molecular complexity index is 1390. The van der Waals surface area contributed by atoms with Gasteiger partial charge in [0.15, 0.2) is 5.78 Å². The van der Waals surface area contributed by atoms with Crippen molar-refractivity contribution in [1.29, 1.82) is 0 Å². The lowest BCUT2D eigenvalue weighted by molar-refractivity contribution is -0.133. The van der Waals surface area contributed by atoms with E-state index in [2.05, 4.69) is 10.6 Å². The lowest BCUT2D eigenvalue weighted by Gasteiger charge is -2.37. The van der Waals surface area contributed by atoms with Gasteiger partial charge in [0.2, 0.25) is 0 Å². The number of carbonyl (C=O) groups is 3. The molecule has 0 aliphatic carbocycles. The number of ether oxygens (including phenoxy) is 1. The van der Waals surface area contributed by atoms with Gasteiger partial charge in [-0.15, -0.1) is 0 Å². The van der Waals surface area contributed by atoms with Gasteiger partial charge in [0.05, 0.1) is 18.2 Å². The van der Waals surface area contributed by atoms with Gasteiger partial charge in [-0.1, -0.05) is 23.7 Å². The summed E-state index contributed by atoms with van der Waals surface area (Å²) in [6.45, 7) is 2.36. The summed E-state index contributed by atoms with van der Waals surface area (Å²) in [7, 11) is 0. The average molecular weight is 550 g/mol. The Kier molecular flexibility index (Phi) is 8.85. The van der Waals surface area contributed by atoms with Crippen LogP contribution in [0.15, 0.2) is 84.1 Å². The minimum Gasteiger partial charge on any atom is -0.508 e. The molecule has 10 heteroatoms. The lowest BCUT2D eigenvalue weighted by Crippen LogP contribution is -2.49. The smallest absolute Gasteiger partial charge is 0.335 e. The van der Waals surface area contributed by atoms with Gasteiger partial charge in [0.1, 0.15) is 17.2 Å². The van der Waals surface area contributed by atoms with Crippen LogP contribution in [0, 0.1) is 0 Å². The molecule has 9 nitrogen and oxygen atoms in total. The molecule has 202 valence electrons. The van der Waals surface area contributed by atoms with E-state index in [1.807, 2.05) is 0 Å². The van der Waals surface area contributed by atoms with Crippen LogP contribution in [-0.4, -0.2) is 52.5 Å². The van der Waals surface area contributed by atoms with E-state index < -0.39 is 18.0 Å². The highest BCUT2D eigenvalue weighted by molar-refractivity contribution is 6.30. The van der Waals surface area contributed by atoms with Crippen molar-refractivity contribution in [1.82, 2.24) is 15.5 Å². The van der Waals surface area contributed by atoms with Crippen molar-refractivity contribution in [2.24, 2.45) is 0 Å². The fourth-order valence-electron chi connectivity index (χ4n) is 4.35. The van der Waals surface area contributed by atoms with Crippen molar-refractivity contribution in [3.63, 3.8) is 0 Å². The number of nitrogens with zero attached hydrogens (tertiary/aromatic N) is 1. The van der Waals surface area contributed by atoms with Gasteiger partial charge in [-0.25, -0.2) is 9.59 Å². The van der Waals surface area contributed by atoms with Crippen LogP contribution in [0.25, 0.3) is 0 Å². The number of carbonyl (C=O) groups excluding carboxylic acids is 2. The fraction of sp³-hybridized carbons (Fsp3) is 0.207. The van der Waals surface area contributed by atoms with E-state index in [1.165, 1.54) is 17.0 Å². The van der Waals surface area contributed by atoms with E-state index in [1.54, 1.807) is 67.6 Å². The standard InChI is InChI=1S/C29H28ClN3O6/c1-18-26(28(36)37)27(20-4-2-5-21(30)16-20)33(29(38)32-18)15-3-14-31-17-25(35)19-6-10-23(11-7-19)39-24-12-8-22(34)9-13-24/h2,4-13,16,27,31,34H,3,14-15,17H2,1H3,(H,32,38)(H,36,37). The zero-order valence-electron chi connectivity index (χ0n) is 21.2. The Balaban J connectivity index is 1.31. The Labute approximate surface area is 230 Å². The largest absolute Gasteiger partial charge is 0.508 e. The number of hydrogen-bond acceptors (Lipinski definition) is 6. The molecule has 1 atom stereocenters. The van der Waals surface area contributed by atoms with E-state index in [0.29, 0.717) is 40.6 Å². The second-order valence-corrected chi connectivity index (χ2v) is 9.44. The van der Waals surface area contributed by atoms with Gasteiger partial charge >= 0.3 is 12.0 Å². The number of hydrogen-bond donors (Lipinski definition) is 4. The summed E-state index contributed by atoms with van der Waals surface area (Å²) in [5.74, 6) is 0.0444. The van der Waals surface area contributed by atoms with Gasteiger partial charge < -0.3 is 30.5 Å². The van der Waals surface area contributed by atoms with Crippen molar-refractivity contribution < 1.29 is 29.3 Å². The first kappa shape index (κ1) is 27.7. The number of carboxylic acids is 1. The van der Waals surface area contributed by atoms with Crippen LogP contribution in [0.4, 0.5) is 4.79 Å². The highest BCUT2D eigenvalue weighted by atomic mass is 35.5. The summed E-state index contributed by atoms with van der Waals surface area (Å²) in [5.41, 5.74) is 1.49. The van der Waals surface area contributed by atoms with E-state index in [4.69, 9.17) is 16.3 Å². The summed E-state index contributed by atoms with van der Waals surface area (Å²) >= 11 is 6.15. The molecule has 1 heterocycles. The predicted octanol–water partition coefficient (Wildman–Crippen LogP) is 5.13. The maximum absolute atomic E-state index is 12.8. The number of urea groups is 1. The molecule has 4 N–H and O–H groups in total. The number of ketones is 1. The minimum atomic E-state index is -1.12. The number of Topliss-reactive ketones (excluding diaryl/α,β-unsaturated/α-hetero) is 1. The third kappa shape index (κ3) is 6.95. The van der Waals surface area contributed by atoms with Crippen LogP contribution >= 0.6 is 11.6 Å². The summed E-state index contributed by atoms with van der Waals surface area (Å²) in [4.78, 5) is 38.9. The van der Waals surface area contributed by atoms with Gasteiger partial charge in [-0.2, -0.15) is 0 Å². The van der Waals surface area contributed by atoms with Crippen LogP contribution in [0.5, 0.6) is 17.2 Å². The van der Waals surface area contributed by atoms with Crippen molar-refractivity contribution in [3.05, 3.63) is 100 Å². The predicted molar refractivity (Wildman–Crippen MR) is 146 cm³/mol. The second-order valence-electron chi connectivity index (χ2n) is 9.00. The van der Waals surface area contributed by atoms with Crippen LogP contribution in [0.2, 0.25) is 5.02 Å². The zero-order valence-corrected chi connectivity index (χ0v) is 21.9. The van der Waals surface area contributed by atoms with Crippen molar-refractivity contribution in [3.8, 4) is 17.2 Å². The van der Waals surface area contributed by atoms with E-state index in [0.717, 1.165) is 0 Å². The Morgan fingerprint density at radius 1 is 1.05 bits per heavy atom. The Morgan fingerprint density at radius 3 is 2.36 bits per heavy atom. The van der Waals surface area contributed by atoms with Crippen LogP contribution in [0.1, 0.15) is 35.3 Å². The molecule has 0 spiro atoms. The molecule has 4 rings (SSSR count). The van der Waals surface area contributed by atoms with Crippen LogP contribution in [-0.2, 0) is 4.79 Å². The molecule has 3 aromatic carbocycles. The van der Waals surface area contributed by atoms with Crippen LogP contribution in [0.3, 0.4) is 0 Å². The number of nitrogens with one attached hydrogen (secondary N) is 2. The number of phenols is 1. The normalized spacial score (nSPS) is 15.2. The second kappa shape index (κ2) is 12.5. The number of aromatic hydroxyl groups is 1. The monoisotopic (exact) mass is 549 g/mol. The topological polar surface area (TPSA) is 128 Å². The molecule has 0 fully saturated rings. The fourth-order valence-corrected chi connectivity index (χ4v) is 4.55. The molecule has 1 unspecified atom stereocenters. The van der Waals surface area contributed by atoms with Crippen LogP contribution < -0.4 is 15.4 Å². The van der Waals surface area contributed by atoms with Gasteiger partial charge in [0, 0.05) is 22.8 Å². The number of aliphatic carboxylic acids is 1. The maximum atomic E-state index is 12.8. The number of rotatable bonds is 11. The quantitative estimate of drug-likeness (QED) is 0.193. The maximum Gasteiger partial charge on any atom is 0.335 e. The molecule has 1 aliphatic rings.